The molecule has 26 heavy (non-hydrogen) atoms. The molecule has 0 radical (unpaired) electrons. The molecule has 0 aliphatic carbocycles. The normalized spacial score (nSPS) is 23.3. The van der Waals surface area contributed by atoms with Gasteiger partial charge in [-0.2, -0.15) is 11.8 Å². The highest BCUT2D eigenvalue weighted by molar-refractivity contribution is 7.99. The van der Waals surface area contributed by atoms with Gasteiger partial charge in [-0.15, -0.1) is 0 Å². The maximum atomic E-state index is 12.6. The third-order valence-electron chi connectivity index (χ3n) is 5.65. The van der Waals surface area contributed by atoms with Crippen molar-refractivity contribution >= 4 is 23.6 Å². The minimum atomic E-state index is -0.0143. The van der Waals surface area contributed by atoms with Gasteiger partial charge in [0.15, 0.2) is 0 Å². The Morgan fingerprint density at radius 1 is 1.19 bits per heavy atom. The molecule has 2 saturated heterocycles. The fourth-order valence-corrected chi connectivity index (χ4v) is 5.22. The van der Waals surface area contributed by atoms with Gasteiger partial charge in [0.25, 0.3) is 11.8 Å². The molecule has 2 fully saturated rings. The summed E-state index contributed by atoms with van der Waals surface area (Å²) < 4.78 is 0. The predicted molar refractivity (Wildman–Crippen MR) is 105 cm³/mol. The second-order valence-electron chi connectivity index (χ2n) is 7.53. The number of hydrogen-bond donors (Lipinski definition) is 1. The van der Waals surface area contributed by atoms with Gasteiger partial charge in [-0.1, -0.05) is 6.42 Å². The van der Waals surface area contributed by atoms with E-state index in [4.69, 9.17) is 0 Å². The van der Waals surface area contributed by atoms with E-state index in [0.29, 0.717) is 12.1 Å². The van der Waals surface area contributed by atoms with E-state index >= 15 is 0 Å². The first-order valence-electron chi connectivity index (χ1n) is 9.74. The van der Waals surface area contributed by atoms with Crippen LogP contribution >= 0.6 is 11.8 Å². The summed E-state index contributed by atoms with van der Waals surface area (Å²) in [5.74, 6) is 2.21. The van der Waals surface area contributed by atoms with Crippen molar-refractivity contribution in [1.82, 2.24) is 15.1 Å². The zero-order chi connectivity index (χ0) is 17.9. The first kappa shape index (κ1) is 17.9. The molecule has 3 aliphatic rings. The van der Waals surface area contributed by atoms with Crippen LogP contribution in [-0.2, 0) is 6.54 Å². The summed E-state index contributed by atoms with van der Waals surface area (Å²) in [5, 5.41) is 3.11. The van der Waals surface area contributed by atoms with E-state index in [9.17, 15) is 9.59 Å². The van der Waals surface area contributed by atoms with Crippen molar-refractivity contribution in [3.63, 3.8) is 0 Å². The minimum Gasteiger partial charge on any atom is -0.348 e. The number of likely N-dealkylation sites (tertiary alicyclic amines) is 1. The average molecular weight is 374 g/mol. The molecule has 0 saturated carbocycles. The molecule has 1 atom stereocenters. The van der Waals surface area contributed by atoms with Crippen molar-refractivity contribution in [2.45, 2.75) is 38.3 Å². The van der Waals surface area contributed by atoms with Crippen LogP contribution in [-0.4, -0.2) is 65.3 Å². The molecule has 0 unspecified atom stereocenters. The van der Waals surface area contributed by atoms with Crippen LogP contribution in [0.1, 0.15) is 52.0 Å². The van der Waals surface area contributed by atoms with E-state index in [2.05, 4.69) is 10.2 Å². The van der Waals surface area contributed by atoms with E-state index < -0.39 is 0 Å². The van der Waals surface area contributed by atoms with Crippen LogP contribution in [0.2, 0.25) is 0 Å². The molecule has 1 aromatic rings. The van der Waals surface area contributed by atoms with Crippen molar-refractivity contribution in [3.05, 3.63) is 34.9 Å². The third kappa shape index (κ3) is 3.91. The summed E-state index contributed by atoms with van der Waals surface area (Å²) in [6.07, 6.45) is 4.91. The number of nitrogens with zero attached hydrogens (tertiary/aromatic N) is 2. The summed E-state index contributed by atoms with van der Waals surface area (Å²) in [6.45, 7) is 4.65. The zero-order valence-electron chi connectivity index (χ0n) is 15.2. The molecule has 0 aromatic heterocycles. The number of rotatable bonds is 5. The Bertz CT molecular complexity index is 682. The lowest BCUT2D eigenvalue weighted by Gasteiger charge is -2.28. The number of fused-ring (bicyclic) bond motifs is 1. The highest BCUT2D eigenvalue weighted by Gasteiger charge is 2.28. The van der Waals surface area contributed by atoms with Gasteiger partial charge in [-0.05, 0) is 61.9 Å². The summed E-state index contributed by atoms with van der Waals surface area (Å²) in [7, 11) is 0. The van der Waals surface area contributed by atoms with Crippen LogP contribution in [0.25, 0.3) is 0 Å². The van der Waals surface area contributed by atoms with Crippen molar-refractivity contribution in [3.8, 4) is 0 Å². The maximum Gasteiger partial charge on any atom is 0.254 e. The average Bonchev–Trinajstić information content (AvgIpc) is 3.28. The van der Waals surface area contributed by atoms with Crippen LogP contribution in [0.5, 0.6) is 0 Å². The van der Waals surface area contributed by atoms with Gasteiger partial charge in [0.05, 0.1) is 0 Å². The van der Waals surface area contributed by atoms with Crippen LogP contribution in [0, 0.1) is 0 Å². The van der Waals surface area contributed by atoms with Crippen molar-refractivity contribution < 1.29 is 9.59 Å². The van der Waals surface area contributed by atoms with Gasteiger partial charge in [0, 0.05) is 42.6 Å². The van der Waals surface area contributed by atoms with Gasteiger partial charge < -0.3 is 15.1 Å². The number of piperidine rings is 1. The highest BCUT2D eigenvalue weighted by atomic mass is 32.2. The van der Waals surface area contributed by atoms with Crippen molar-refractivity contribution in [1.29, 1.82) is 0 Å². The Kier molecular flexibility index (Phi) is 5.50. The highest BCUT2D eigenvalue weighted by Crippen LogP contribution is 2.24. The first-order chi connectivity index (χ1) is 12.7. The predicted octanol–water partition coefficient (Wildman–Crippen LogP) is 2.36. The second-order valence-corrected chi connectivity index (χ2v) is 8.68. The molecule has 1 N–H and O–H groups in total. The van der Waals surface area contributed by atoms with Gasteiger partial charge in [0.1, 0.15) is 0 Å². The SMILES string of the molecule is O=C(N[C@H]1CCSC1)c1ccc2c(c1)CN(CCN1CCCCC1)C2=O. The molecule has 6 heteroatoms. The lowest BCUT2D eigenvalue weighted by atomic mass is 10.1. The molecule has 4 rings (SSSR count). The molecular formula is C20H27N3O2S. The first-order valence-corrected chi connectivity index (χ1v) is 10.9. The lowest BCUT2D eigenvalue weighted by Crippen LogP contribution is -2.38. The minimum absolute atomic E-state index is 0.0143. The smallest absolute Gasteiger partial charge is 0.254 e. The molecule has 3 heterocycles. The fraction of sp³-hybridized carbons (Fsp3) is 0.600. The van der Waals surface area contributed by atoms with E-state index in [-0.39, 0.29) is 17.9 Å². The fourth-order valence-electron chi connectivity index (χ4n) is 4.07. The van der Waals surface area contributed by atoms with Crippen LogP contribution in [0.15, 0.2) is 18.2 Å². The number of benzene rings is 1. The number of amides is 2. The van der Waals surface area contributed by atoms with Crippen LogP contribution in [0.4, 0.5) is 0 Å². The Morgan fingerprint density at radius 3 is 2.81 bits per heavy atom. The standard InChI is InChI=1S/C20H27N3O2S/c24-19(21-17-6-11-26-14-17)15-4-5-18-16(12-15)13-23(20(18)25)10-9-22-7-2-1-3-8-22/h4-5,12,17H,1-3,6-11,13-14H2,(H,21,24)/t17-/m0/s1. The van der Waals surface area contributed by atoms with Gasteiger partial charge in [-0.25, -0.2) is 0 Å². The van der Waals surface area contributed by atoms with E-state index in [1.807, 2.05) is 28.8 Å². The molecule has 1 aromatic carbocycles. The third-order valence-corrected chi connectivity index (χ3v) is 6.81. The molecule has 0 bridgehead atoms. The van der Waals surface area contributed by atoms with E-state index in [1.54, 1.807) is 6.07 Å². The van der Waals surface area contributed by atoms with Crippen molar-refractivity contribution in [2.24, 2.45) is 0 Å². The second kappa shape index (κ2) is 8.01. The number of thioether (sulfide) groups is 1. The largest absolute Gasteiger partial charge is 0.348 e. The molecule has 140 valence electrons. The Morgan fingerprint density at radius 2 is 2.04 bits per heavy atom. The van der Waals surface area contributed by atoms with E-state index in [0.717, 1.165) is 55.2 Å². The number of nitrogens with one attached hydrogen (secondary N) is 1. The summed E-state index contributed by atoms with van der Waals surface area (Å²) in [4.78, 5) is 29.5. The van der Waals surface area contributed by atoms with Crippen molar-refractivity contribution in [2.75, 3.05) is 37.7 Å². The Labute approximate surface area is 159 Å². The van der Waals surface area contributed by atoms with Gasteiger partial charge in [0.2, 0.25) is 0 Å². The Hall–Kier alpha value is -1.53. The number of carbonyl (C=O) groups is 2. The summed E-state index contributed by atoms with van der Waals surface area (Å²) in [6, 6.07) is 5.81. The monoisotopic (exact) mass is 373 g/mol. The maximum absolute atomic E-state index is 12.6. The van der Waals surface area contributed by atoms with Crippen LogP contribution in [0.3, 0.4) is 0 Å². The lowest BCUT2D eigenvalue weighted by molar-refractivity contribution is 0.0752. The number of hydrogen-bond acceptors (Lipinski definition) is 4. The zero-order valence-corrected chi connectivity index (χ0v) is 16.0. The Balaban J connectivity index is 1.37. The summed E-state index contributed by atoms with van der Waals surface area (Å²) >= 11 is 1.89. The number of carbonyl (C=O) groups excluding carboxylic acids is 2. The van der Waals surface area contributed by atoms with Crippen LogP contribution < -0.4 is 5.32 Å². The molecule has 5 nitrogen and oxygen atoms in total. The summed E-state index contributed by atoms with van der Waals surface area (Å²) in [5.41, 5.74) is 2.42. The van der Waals surface area contributed by atoms with E-state index in [1.165, 1.54) is 19.3 Å². The van der Waals surface area contributed by atoms with Gasteiger partial charge >= 0.3 is 0 Å². The molecular weight excluding hydrogens is 346 g/mol. The topological polar surface area (TPSA) is 52.7 Å². The molecule has 3 aliphatic heterocycles. The molecule has 2 amide bonds. The van der Waals surface area contributed by atoms with Gasteiger partial charge in [-0.3, -0.25) is 9.59 Å². The quantitative estimate of drug-likeness (QED) is 0.861. The molecule has 0 spiro atoms.